The third-order valence-electron chi connectivity index (χ3n) is 8.15. The molecule has 2 aliphatic heterocycles. The van der Waals surface area contributed by atoms with Gasteiger partial charge in [-0.2, -0.15) is 9.97 Å². The highest BCUT2D eigenvalue weighted by Gasteiger charge is 2.16. The van der Waals surface area contributed by atoms with Gasteiger partial charge in [-0.1, -0.05) is 23.7 Å². The van der Waals surface area contributed by atoms with E-state index in [4.69, 9.17) is 66.6 Å². The van der Waals surface area contributed by atoms with Crippen LogP contribution in [0.3, 0.4) is 0 Å². The molecule has 4 aromatic carbocycles. The number of nitrogens with one attached hydrogen (secondary N) is 2. The van der Waals surface area contributed by atoms with Gasteiger partial charge < -0.3 is 70.8 Å². The van der Waals surface area contributed by atoms with E-state index in [2.05, 4.69) is 30.6 Å². The fraction of sp³-hybridized carbons (Fsp3) is 0.158. The van der Waals surface area contributed by atoms with Crippen LogP contribution in [0.15, 0.2) is 84.9 Å². The summed E-state index contributed by atoms with van der Waals surface area (Å²) in [5.74, 6) is 5.33. The second kappa shape index (κ2) is 18.7. The van der Waals surface area contributed by atoms with Gasteiger partial charge in [0.1, 0.15) is 39.8 Å². The Morgan fingerprint density at radius 1 is 0.638 bits per heavy atom. The standard InChI is InChI=1S/C19H18N4O4.C12H11ClN4O2.C7H9BO4/c1-25-14-6-12(5-13(24)7-14)15-8-18(23-19(20)22-15)21-9-11-2-3-16-17(4-11)27-10-26-16;13-10-4-11(17-12(14)16-10)15-5-7-1-2-8-9(3-7)19-6-18-8;1-12-7-3-5(8(10)11)2-6(9)4-7/h2-8,24H,9-10H2,1H3,(H3,20,21,22,23);1-4H,5-6H2,(H3,14,15,16,17);2-4,9-11H,1H3. The Morgan fingerprint density at radius 2 is 1.16 bits per heavy atom. The quantitative estimate of drug-likeness (QED) is 0.0720. The van der Waals surface area contributed by atoms with E-state index in [1.54, 1.807) is 24.3 Å². The highest BCUT2D eigenvalue weighted by molar-refractivity contribution is 6.58. The molecule has 0 amide bonds. The zero-order valence-electron chi connectivity index (χ0n) is 31.0. The van der Waals surface area contributed by atoms with Crippen LogP contribution in [0.2, 0.25) is 5.15 Å². The first kappa shape index (κ1) is 40.6. The number of nitrogens with zero attached hydrogens (tertiary/aromatic N) is 4. The van der Waals surface area contributed by atoms with E-state index >= 15 is 0 Å². The number of aromatic nitrogens is 4. The third kappa shape index (κ3) is 11.0. The molecule has 4 heterocycles. The lowest BCUT2D eigenvalue weighted by atomic mass is 9.80. The number of phenols is 2. The van der Waals surface area contributed by atoms with E-state index in [1.165, 1.54) is 38.5 Å². The molecule has 0 saturated heterocycles. The number of rotatable bonds is 10. The first-order valence-electron chi connectivity index (χ1n) is 17.3. The number of nitrogen functional groups attached to an aromatic ring is 2. The van der Waals surface area contributed by atoms with Crippen LogP contribution >= 0.6 is 11.6 Å². The average Bonchev–Trinajstić information content (AvgIpc) is 3.88. The maximum absolute atomic E-state index is 9.86. The lowest BCUT2D eigenvalue weighted by molar-refractivity contribution is 0.173. The minimum absolute atomic E-state index is 0.0579. The highest BCUT2D eigenvalue weighted by atomic mass is 35.5. The molecular formula is C38H38BClN8O10. The van der Waals surface area contributed by atoms with Crippen molar-refractivity contribution in [1.82, 2.24) is 19.9 Å². The summed E-state index contributed by atoms with van der Waals surface area (Å²) in [4.78, 5) is 16.3. The summed E-state index contributed by atoms with van der Waals surface area (Å²) in [6.45, 7) is 1.61. The van der Waals surface area contributed by atoms with Gasteiger partial charge in [0.2, 0.25) is 25.5 Å². The van der Waals surface area contributed by atoms with Crippen molar-refractivity contribution in [3.8, 4) is 57.3 Å². The average molecular weight is 813 g/mol. The Bertz CT molecular complexity index is 2360. The van der Waals surface area contributed by atoms with Crippen LogP contribution in [-0.4, -0.2) is 75.1 Å². The van der Waals surface area contributed by atoms with Crippen LogP contribution in [0.25, 0.3) is 11.3 Å². The molecule has 10 N–H and O–H groups in total. The Kier molecular flexibility index (Phi) is 13.1. The summed E-state index contributed by atoms with van der Waals surface area (Å²) in [5.41, 5.74) is 14.9. The van der Waals surface area contributed by atoms with Crippen molar-refractivity contribution in [2.45, 2.75) is 13.1 Å². The molecule has 0 fully saturated rings. The number of anilines is 4. The topological polar surface area (TPSA) is 264 Å². The molecule has 6 aromatic rings. The maximum atomic E-state index is 9.86. The van der Waals surface area contributed by atoms with Crippen molar-refractivity contribution in [1.29, 1.82) is 0 Å². The molecule has 0 radical (unpaired) electrons. The summed E-state index contributed by atoms with van der Waals surface area (Å²) in [6.07, 6.45) is 0. The predicted molar refractivity (Wildman–Crippen MR) is 216 cm³/mol. The highest BCUT2D eigenvalue weighted by Crippen LogP contribution is 2.34. The van der Waals surface area contributed by atoms with Crippen LogP contribution < -0.4 is 56.0 Å². The molecule has 0 saturated carbocycles. The molecule has 0 spiro atoms. The van der Waals surface area contributed by atoms with E-state index in [1.807, 2.05) is 36.4 Å². The van der Waals surface area contributed by atoms with E-state index in [-0.39, 0.29) is 42.4 Å². The summed E-state index contributed by atoms with van der Waals surface area (Å²) >= 11 is 5.80. The SMILES string of the molecule is COc1cc(O)cc(-c2cc(NCc3ccc4c(c3)OCO4)nc(N)n2)c1.COc1cc(O)cc(B(O)O)c1.Nc1nc(Cl)cc(NCc2ccc3c(c2)OCO3)n1. The molecule has 0 aliphatic carbocycles. The molecule has 2 aromatic heterocycles. The second-order valence-electron chi connectivity index (χ2n) is 12.3. The minimum Gasteiger partial charge on any atom is -0.508 e. The number of fused-ring (bicyclic) bond motifs is 2. The van der Waals surface area contributed by atoms with Crippen LogP contribution in [-0.2, 0) is 13.1 Å². The molecule has 8 rings (SSSR count). The summed E-state index contributed by atoms with van der Waals surface area (Å²) < 4.78 is 31.3. The fourth-order valence-electron chi connectivity index (χ4n) is 5.44. The van der Waals surface area contributed by atoms with Crippen LogP contribution in [0.4, 0.5) is 23.5 Å². The van der Waals surface area contributed by atoms with E-state index in [0.717, 1.165) is 34.1 Å². The number of aromatic hydroxyl groups is 2. The molecular weight excluding hydrogens is 775 g/mol. The minimum atomic E-state index is -1.59. The van der Waals surface area contributed by atoms with Gasteiger partial charge >= 0.3 is 7.12 Å². The number of halogens is 1. The Balaban J connectivity index is 0.000000159. The number of phenolic OH excluding ortho intramolecular Hbond substituents is 2. The summed E-state index contributed by atoms with van der Waals surface area (Å²) in [6, 6.07) is 23.8. The fourth-order valence-corrected chi connectivity index (χ4v) is 5.63. The van der Waals surface area contributed by atoms with Crippen molar-refractivity contribution < 1.29 is 48.7 Å². The van der Waals surface area contributed by atoms with Gasteiger partial charge in [-0.15, -0.1) is 0 Å². The molecule has 20 heteroatoms. The first-order chi connectivity index (χ1) is 27.9. The molecule has 300 valence electrons. The number of hydrogen-bond donors (Lipinski definition) is 8. The van der Waals surface area contributed by atoms with Gasteiger partial charge in [0.15, 0.2) is 23.0 Å². The summed E-state index contributed by atoms with van der Waals surface area (Å²) in [7, 11) is 1.37. The van der Waals surface area contributed by atoms with E-state index in [0.29, 0.717) is 52.6 Å². The third-order valence-corrected chi connectivity index (χ3v) is 8.34. The van der Waals surface area contributed by atoms with Crippen molar-refractivity contribution >= 4 is 47.7 Å². The lowest BCUT2D eigenvalue weighted by Gasteiger charge is -2.10. The van der Waals surface area contributed by atoms with Gasteiger partial charge in [-0.3, -0.25) is 0 Å². The Morgan fingerprint density at radius 3 is 1.71 bits per heavy atom. The van der Waals surface area contributed by atoms with Gasteiger partial charge in [-0.05, 0) is 65.1 Å². The van der Waals surface area contributed by atoms with E-state index < -0.39 is 7.12 Å². The Hall–Kier alpha value is -7.09. The number of benzene rings is 4. The van der Waals surface area contributed by atoms with Gasteiger partial charge in [0.05, 0.1) is 19.9 Å². The van der Waals surface area contributed by atoms with Crippen molar-refractivity contribution in [3.63, 3.8) is 0 Å². The molecule has 18 nitrogen and oxygen atoms in total. The normalized spacial score (nSPS) is 11.7. The maximum Gasteiger partial charge on any atom is 0.488 e. The second-order valence-corrected chi connectivity index (χ2v) is 12.7. The smallest absolute Gasteiger partial charge is 0.488 e. The molecule has 0 unspecified atom stereocenters. The van der Waals surface area contributed by atoms with Gasteiger partial charge in [-0.25, -0.2) is 9.97 Å². The molecule has 58 heavy (non-hydrogen) atoms. The van der Waals surface area contributed by atoms with Crippen molar-refractivity contribution in [2.24, 2.45) is 0 Å². The van der Waals surface area contributed by atoms with Crippen molar-refractivity contribution in [3.05, 3.63) is 101 Å². The zero-order chi connectivity index (χ0) is 41.2. The lowest BCUT2D eigenvalue weighted by Crippen LogP contribution is -2.29. The van der Waals surface area contributed by atoms with E-state index in [9.17, 15) is 5.11 Å². The largest absolute Gasteiger partial charge is 0.508 e. The summed E-state index contributed by atoms with van der Waals surface area (Å²) in [5, 5.41) is 43.1. The zero-order valence-corrected chi connectivity index (χ0v) is 31.8. The van der Waals surface area contributed by atoms with Gasteiger partial charge in [0, 0.05) is 42.9 Å². The first-order valence-corrected chi connectivity index (χ1v) is 17.6. The number of hydrogen-bond acceptors (Lipinski definition) is 18. The van der Waals surface area contributed by atoms with Crippen LogP contribution in [0.5, 0.6) is 46.0 Å². The number of nitrogens with two attached hydrogens (primary N) is 2. The van der Waals surface area contributed by atoms with Crippen LogP contribution in [0.1, 0.15) is 11.1 Å². The monoisotopic (exact) mass is 812 g/mol. The van der Waals surface area contributed by atoms with Gasteiger partial charge in [0.25, 0.3) is 0 Å². The molecule has 0 bridgehead atoms. The predicted octanol–water partition coefficient (Wildman–Crippen LogP) is 3.91. The van der Waals surface area contributed by atoms with Crippen molar-refractivity contribution in [2.75, 3.05) is 49.9 Å². The van der Waals surface area contributed by atoms with Crippen LogP contribution in [0, 0.1) is 0 Å². The Labute approximate surface area is 337 Å². The molecule has 2 aliphatic rings. The number of ether oxygens (including phenoxy) is 6. The molecule has 0 atom stereocenters. The number of methoxy groups -OCH3 is 2.